The van der Waals surface area contributed by atoms with Crippen molar-refractivity contribution in [2.24, 2.45) is 5.92 Å². The monoisotopic (exact) mass is 311 g/mol. The first-order chi connectivity index (χ1) is 10.3. The van der Waals surface area contributed by atoms with E-state index in [1.54, 1.807) is 0 Å². The lowest BCUT2D eigenvalue weighted by atomic mass is 9.95. The number of carbonyl (C=O) groups excluding carboxylic acids is 2. The normalized spacial score (nSPS) is 21.5. The van der Waals surface area contributed by atoms with Crippen LogP contribution < -0.4 is 10.6 Å². The van der Waals surface area contributed by atoms with Crippen LogP contribution in [0.1, 0.15) is 46.5 Å². The Morgan fingerprint density at radius 1 is 1.09 bits per heavy atom. The van der Waals surface area contributed by atoms with E-state index in [0.717, 1.165) is 51.9 Å². The molecule has 0 spiro atoms. The number of piperidine rings is 2. The number of alkyl carbamates (subject to hydrolysis) is 1. The fourth-order valence-electron chi connectivity index (χ4n) is 3.05. The quantitative estimate of drug-likeness (QED) is 0.811. The second-order valence-electron chi connectivity index (χ2n) is 7.27. The predicted molar refractivity (Wildman–Crippen MR) is 84.6 cm³/mol. The first-order valence-electron chi connectivity index (χ1n) is 8.34. The van der Waals surface area contributed by atoms with Crippen LogP contribution in [-0.4, -0.2) is 54.7 Å². The fourth-order valence-corrected chi connectivity index (χ4v) is 3.05. The summed E-state index contributed by atoms with van der Waals surface area (Å²) in [5.41, 5.74) is -0.476. The highest BCUT2D eigenvalue weighted by Crippen LogP contribution is 2.19. The lowest BCUT2D eigenvalue weighted by Crippen LogP contribution is -2.49. The summed E-state index contributed by atoms with van der Waals surface area (Å²) in [7, 11) is 0. The molecule has 0 aromatic rings. The van der Waals surface area contributed by atoms with E-state index < -0.39 is 5.60 Å². The molecule has 2 aliphatic rings. The number of ether oxygens (including phenoxy) is 1. The van der Waals surface area contributed by atoms with Crippen molar-refractivity contribution in [2.75, 3.05) is 26.2 Å². The van der Waals surface area contributed by atoms with Crippen molar-refractivity contribution in [2.45, 2.75) is 58.1 Å². The Morgan fingerprint density at radius 2 is 1.68 bits per heavy atom. The fraction of sp³-hybridized carbons (Fsp3) is 0.875. The largest absolute Gasteiger partial charge is 0.444 e. The molecule has 0 aliphatic carbocycles. The summed E-state index contributed by atoms with van der Waals surface area (Å²) in [6, 6.07) is 0.104. The second-order valence-corrected chi connectivity index (χ2v) is 7.27. The molecule has 0 radical (unpaired) electrons. The number of likely N-dealkylation sites (tertiary alicyclic amines) is 1. The Morgan fingerprint density at radius 3 is 2.23 bits per heavy atom. The van der Waals surface area contributed by atoms with Gasteiger partial charge in [0.2, 0.25) is 5.91 Å². The van der Waals surface area contributed by atoms with Gasteiger partial charge in [-0.2, -0.15) is 0 Å². The smallest absolute Gasteiger partial charge is 0.407 e. The molecule has 6 heteroatoms. The number of nitrogens with one attached hydrogen (secondary N) is 2. The van der Waals surface area contributed by atoms with Crippen molar-refractivity contribution in [1.29, 1.82) is 0 Å². The van der Waals surface area contributed by atoms with Crippen molar-refractivity contribution in [3.8, 4) is 0 Å². The van der Waals surface area contributed by atoms with Crippen LogP contribution in [0, 0.1) is 5.92 Å². The third-order valence-corrected chi connectivity index (χ3v) is 4.22. The molecular formula is C16H29N3O3. The molecule has 2 aliphatic heterocycles. The highest BCUT2D eigenvalue weighted by atomic mass is 16.6. The molecule has 2 rings (SSSR count). The molecule has 2 N–H and O–H groups in total. The Bertz CT molecular complexity index is 392. The van der Waals surface area contributed by atoms with Gasteiger partial charge in [0.25, 0.3) is 0 Å². The molecule has 0 unspecified atom stereocenters. The summed E-state index contributed by atoms with van der Waals surface area (Å²) in [6.45, 7) is 8.89. The van der Waals surface area contributed by atoms with Gasteiger partial charge < -0.3 is 20.3 Å². The molecule has 126 valence electrons. The van der Waals surface area contributed by atoms with Gasteiger partial charge in [0, 0.05) is 25.0 Å². The van der Waals surface area contributed by atoms with Crippen LogP contribution in [0.25, 0.3) is 0 Å². The number of amides is 2. The van der Waals surface area contributed by atoms with Crippen molar-refractivity contribution >= 4 is 12.0 Å². The topological polar surface area (TPSA) is 70.7 Å². The number of carbonyl (C=O) groups is 2. The van der Waals surface area contributed by atoms with Gasteiger partial charge in [0.15, 0.2) is 0 Å². The van der Waals surface area contributed by atoms with Gasteiger partial charge in [-0.05, 0) is 59.5 Å². The number of nitrogens with zero attached hydrogens (tertiary/aromatic N) is 1. The molecule has 0 saturated carbocycles. The molecule has 0 aromatic carbocycles. The van der Waals surface area contributed by atoms with E-state index in [4.69, 9.17) is 4.74 Å². The van der Waals surface area contributed by atoms with Crippen molar-refractivity contribution in [3.05, 3.63) is 0 Å². The van der Waals surface area contributed by atoms with E-state index in [-0.39, 0.29) is 24.0 Å². The van der Waals surface area contributed by atoms with E-state index in [1.807, 2.05) is 25.7 Å². The van der Waals surface area contributed by atoms with Crippen LogP contribution in [0.4, 0.5) is 4.79 Å². The standard InChI is InChI=1S/C16H29N3O3/c1-16(2,3)22-15(21)18-13-6-10-19(11-7-13)14(20)12-4-8-17-9-5-12/h12-13,17H,4-11H2,1-3H3,(H,18,21). The summed E-state index contributed by atoms with van der Waals surface area (Å²) in [5, 5.41) is 6.19. The van der Waals surface area contributed by atoms with Crippen LogP contribution in [0.15, 0.2) is 0 Å². The zero-order chi connectivity index (χ0) is 16.2. The highest BCUT2D eigenvalue weighted by molar-refractivity contribution is 5.79. The number of hydrogen-bond donors (Lipinski definition) is 2. The Balaban J connectivity index is 1.73. The van der Waals surface area contributed by atoms with Gasteiger partial charge in [0.1, 0.15) is 5.60 Å². The van der Waals surface area contributed by atoms with Gasteiger partial charge in [-0.3, -0.25) is 4.79 Å². The van der Waals surface area contributed by atoms with Crippen LogP contribution in [-0.2, 0) is 9.53 Å². The zero-order valence-electron chi connectivity index (χ0n) is 14.0. The molecular weight excluding hydrogens is 282 g/mol. The first kappa shape index (κ1) is 17.1. The average Bonchev–Trinajstić information content (AvgIpc) is 2.46. The molecule has 22 heavy (non-hydrogen) atoms. The SMILES string of the molecule is CC(C)(C)OC(=O)NC1CCN(C(=O)C2CCNCC2)CC1. The van der Waals surface area contributed by atoms with Crippen molar-refractivity contribution in [1.82, 2.24) is 15.5 Å². The van der Waals surface area contributed by atoms with E-state index >= 15 is 0 Å². The molecule has 6 nitrogen and oxygen atoms in total. The van der Waals surface area contributed by atoms with E-state index in [9.17, 15) is 9.59 Å². The molecule has 0 atom stereocenters. The maximum absolute atomic E-state index is 12.5. The maximum atomic E-state index is 12.5. The van der Waals surface area contributed by atoms with Crippen LogP contribution in [0.5, 0.6) is 0 Å². The molecule has 2 fully saturated rings. The van der Waals surface area contributed by atoms with E-state index in [1.165, 1.54) is 0 Å². The third kappa shape index (κ3) is 5.16. The van der Waals surface area contributed by atoms with Crippen LogP contribution in [0.3, 0.4) is 0 Å². The summed E-state index contributed by atoms with van der Waals surface area (Å²) < 4.78 is 5.27. The predicted octanol–water partition coefficient (Wildman–Crippen LogP) is 1.50. The number of rotatable bonds is 2. The minimum Gasteiger partial charge on any atom is -0.444 e. The summed E-state index contributed by atoms with van der Waals surface area (Å²) in [5.74, 6) is 0.467. The van der Waals surface area contributed by atoms with Gasteiger partial charge in [0.05, 0.1) is 0 Å². The van der Waals surface area contributed by atoms with Crippen molar-refractivity contribution in [3.63, 3.8) is 0 Å². The molecule has 0 aromatic heterocycles. The van der Waals surface area contributed by atoms with Gasteiger partial charge >= 0.3 is 6.09 Å². The summed E-state index contributed by atoms with van der Waals surface area (Å²) in [4.78, 5) is 26.2. The lowest BCUT2D eigenvalue weighted by Gasteiger charge is -2.35. The van der Waals surface area contributed by atoms with Gasteiger partial charge in [-0.1, -0.05) is 0 Å². The number of hydrogen-bond acceptors (Lipinski definition) is 4. The Kier molecular flexibility index (Phi) is 5.67. The van der Waals surface area contributed by atoms with Gasteiger partial charge in [-0.25, -0.2) is 4.79 Å². The second kappa shape index (κ2) is 7.31. The van der Waals surface area contributed by atoms with Crippen LogP contribution in [0.2, 0.25) is 0 Å². The lowest BCUT2D eigenvalue weighted by molar-refractivity contribution is -0.137. The summed E-state index contributed by atoms with van der Waals surface area (Å²) >= 11 is 0. The van der Waals surface area contributed by atoms with E-state index in [2.05, 4.69) is 10.6 Å². The minimum atomic E-state index is -0.476. The Labute approximate surface area is 132 Å². The summed E-state index contributed by atoms with van der Waals surface area (Å²) in [6.07, 6.45) is 3.12. The van der Waals surface area contributed by atoms with Crippen molar-refractivity contribution < 1.29 is 14.3 Å². The molecule has 2 heterocycles. The molecule has 0 bridgehead atoms. The molecule has 2 amide bonds. The Hall–Kier alpha value is -1.30. The average molecular weight is 311 g/mol. The molecule has 2 saturated heterocycles. The van der Waals surface area contributed by atoms with Crippen LogP contribution >= 0.6 is 0 Å². The van der Waals surface area contributed by atoms with E-state index in [0.29, 0.717) is 0 Å². The zero-order valence-corrected chi connectivity index (χ0v) is 14.0. The third-order valence-electron chi connectivity index (χ3n) is 4.22. The van der Waals surface area contributed by atoms with Gasteiger partial charge in [-0.15, -0.1) is 0 Å². The maximum Gasteiger partial charge on any atom is 0.407 e. The highest BCUT2D eigenvalue weighted by Gasteiger charge is 2.30. The minimum absolute atomic E-state index is 0.104. The first-order valence-corrected chi connectivity index (χ1v) is 8.34.